The molecule has 19 heavy (non-hydrogen) atoms. The van der Waals surface area contributed by atoms with E-state index in [1.54, 1.807) is 0 Å². The van der Waals surface area contributed by atoms with Gasteiger partial charge in [0.05, 0.1) is 0 Å². The Balaban J connectivity index is 0. The molecule has 0 unspecified atom stereocenters. The minimum atomic E-state index is -1.55. The minimum Gasteiger partial charge on any atom is -1.00 e. The SMILES string of the molecule is CCN(C)[P+](N(C)CC)(N(C)CC)N(CC)CC.[I-]. The van der Waals surface area contributed by atoms with Gasteiger partial charge in [0.1, 0.15) is 0 Å². The summed E-state index contributed by atoms with van der Waals surface area (Å²) >= 11 is 0. The van der Waals surface area contributed by atoms with Gasteiger partial charge in [-0.1, -0.05) is 0 Å². The third-order valence-corrected chi connectivity index (χ3v) is 8.78. The molecule has 0 fully saturated rings. The molecular formula is C13H34IN4P. The summed E-state index contributed by atoms with van der Waals surface area (Å²) in [6.07, 6.45) is 0. The molecule has 118 valence electrons. The van der Waals surface area contributed by atoms with E-state index in [2.05, 4.69) is 74.4 Å². The van der Waals surface area contributed by atoms with Crippen molar-refractivity contribution in [3.63, 3.8) is 0 Å². The van der Waals surface area contributed by atoms with Gasteiger partial charge in [-0.05, 0) is 34.6 Å². The fourth-order valence-electron chi connectivity index (χ4n) is 2.60. The van der Waals surface area contributed by atoms with Gasteiger partial charge in [0.2, 0.25) is 0 Å². The fourth-order valence-corrected chi connectivity index (χ4v) is 7.36. The van der Waals surface area contributed by atoms with Crippen LogP contribution < -0.4 is 24.0 Å². The Labute approximate surface area is 139 Å². The van der Waals surface area contributed by atoms with Gasteiger partial charge in [-0.2, -0.15) is 0 Å². The largest absolute Gasteiger partial charge is 1.00 e. The number of halogens is 1. The van der Waals surface area contributed by atoms with Crippen LogP contribution in [-0.4, -0.2) is 72.5 Å². The molecule has 0 aromatic carbocycles. The predicted molar refractivity (Wildman–Crippen MR) is 84.8 cm³/mol. The summed E-state index contributed by atoms with van der Waals surface area (Å²) in [7, 11) is 5.26. The van der Waals surface area contributed by atoms with Gasteiger partial charge < -0.3 is 24.0 Å². The maximum Gasteiger partial charge on any atom is 0.307 e. The van der Waals surface area contributed by atoms with Crippen LogP contribution in [0.3, 0.4) is 0 Å². The van der Waals surface area contributed by atoms with E-state index in [1.165, 1.54) is 0 Å². The van der Waals surface area contributed by atoms with Crippen molar-refractivity contribution in [2.24, 2.45) is 0 Å². The van der Waals surface area contributed by atoms with E-state index in [1.807, 2.05) is 0 Å². The van der Waals surface area contributed by atoms with Crippen LogP contribution in [0.25, 0.3) is 0 Å². The highest BCUT2D eigenvalue weighted by Crippen LogP contribution is 2.67. The number of nitrogens with zero attached hydrogens (tertiary/aromatic N) is 4. The molecule has 0 aliphatic heterocycles. The lowest BCUT2D eigenvalue weighted by Gasteiger charge is -2.47. The second-order valence-corrected chi connectivity index (χ2v) is 8.28. The van der Waals surface area contributed by atoms with Gasteiger partial charge in [0, 0.05) is 53.9 Å². The molecule has 0 saturated heterocycles. The number of rotatable bonds is 9. The van der Waals surface area contributed by atoms with Gasteiger partial charge in [-0.25, -0.2) is 0 Å². The summed E-state index contributed by atoms with van der Waals surface area (Å²) in [5.74, 6) is 0. The van der Waals surface area contributed by atoms with E-state index in [4.69, 9.17) is 0 Å². The standard InChI is InChI=1S/C13H34N4P.HI/c1-9-14(6)18(15(7)10-2,16(8)11-3)17(12-4)13-5;/h9-13H2,1-8H3;1H/q+1;/p-1. The molecule has 0 amide bonds. The van der Waals surface area contributed by atoms with Crippen LogP contribution in [-0.2, 0) is 0 Å². The van der Waals surface area contributed by atoms with Crippen molar-refractivity contribution in [2.75, 3.05) is 53.9 Å². The summed E-state index contributed by atoms with van der Waals surface area (Å²) in [4.78, 5) is 0. The van der Waals surface area contributed by atoms with Crippen molar-refractivity contribution >= 4 is 7.87 Å². The topological polar surface area (TPSA) is 13.0 Å². The predicted octanol–water partition coefficient (Wildman–Crippen LogP) is -0.135. The third kappa shape index (κ3) is 4.48. The minimum absolute atomic E-state index is 0. The molecule has 0 bridgehead atoms. The maximum atomic E-state index is 2.64. The first-order valence-electron chi connectivity index (χ1n) is 7.26. The molecule has 0 saturated carbocycles. The molecule has 0 N–H and O–H groups in total. The Morgan fingerprint density at radius 2 is 0.842 bits per heavy atom. The lowest BCUT2D eigenvalue weighted by Crippen LogP contribution is -3.00. The van der Waals surface area contributed by atoms with Gasteiger partial charge >= 0.3 is 7.87 Å². The molecule has 0 rings (SSSR count). The first-order chi connectivity index (χ1) is 8.46. The second-order valence-electron chi connectivity index (χ2n) is 4.60. The summed E-state index contributed by atoms with van der Waals surface area (Å²) in [5, 5.41) is 0. The smallest absolute Gasteiger partial charge is 0.307 e. The van der Waals surface area contributed by atoms with E-state index in [0.717, 1.165) is 32.7 Å². The van der Waals surface area contributed by atoms with Crippen LogP contribution in [0.1, 0.15) is 34.6 Å². The van der Waals surface area contributed by atoms with Crippen molar-refractivity contribution < 1.29 is 24.0 Å². The zero-order chi connectivity index (χ0) is 14.3. The summed E-state index contributed by atoms with van der Waals surface area (Å²) in [6, 6.07) is 0. The third-order valence-electron chi connectivity index (χ3n) is 3.86. The molecule has 0 atom stereocenters. The summed E-state index contributed by atoms with van der Waals surface area (Å²) in [5.41, 5.74) is 0. The molecular weight excluding hydrogens is 370 g/mol. The van der Waals surface area contributed by atoms with Gasteiger partial charge in [0.25, 0.3) is 0 Å². The highest BCUT2D eigenvalue weighted by atomic mass is 127. The quantitative estimate of drug-likeness (QED) is 0.392. The van der Waals surface area contributed by atoms with Crippen LogP contribution in [0.5, 0.6) is 0 Å². The van der Waals surface area contributed by atoms with E-state index < -0.39 is 7.87 Å². The zero-order valence-corrected chi connectivity index (χ0v) is 17.2. The molecule has 0 heterocycles. The van der Waals surface area contributed by atoms with E-state index >= 15 is 0 Å². The molecule has 0 aromatic rings. The highest BCUT2D eigenvalue weighted by molar-refractivity contribution is 7.66. The van der Waals surface area contributed by atoms with Crippen molar-refractivity contribution in [1.82, 2.24) is 18.7 Å². The number of hydrogen-bond donors (Lipinski definition) is 0. The van der Waals surface area contributed by atoms with Gasteiger partial charge in [0.15, 0.2) is 0 Å². The van der Waals surface area contributed by atoms with Crippen LogP contribution in [0, 0.1) is 0 Å². The first-order valence-corrected chi connectivity index (χ1v) is 8.86. The Morgan fingerprint density at radius 1 is 0.579 bits per heavy atom. The van der Waals surface area contributed by atoms with Crippen molar-refractivity contribution in [3.05, 3.63) is 0 Å². The Bertz CT molecular complexity index is 200. The highest BCUT2D eigenvalue weighted by Gasteiger charge is 2.55. The van der Waals surface area contributed by atoms with E-state index in [0.29, 0.717) is 0 Å². The monoisotopic (exact) mass is 404 g/mol. The van der Waals surface area contributed by atoms with Crippen molar-refractivity contribution in [3.8, 4) is 0 Å². The maximum absolute atomic E-state index is 2.64. The molecule has 0 spiro atoms. The van der Waals surface area contributed by atoms with Crippen LogP contribution in [0.2, 0.25) is 0 Å². The van der Waals surface area contributed by atoms with Crippen LogP contribution >= 0.6 is 7.87 Å². The normalized spacial score (nSPS) is 12.6. The molecule has 0 radical (unpaired) electrons. The van der Waals surface area contributed by atoms with Crippen molar-refractivity contribution in [1.29, 1.82) is 0 Å². The Hall–Kier alpha value is 1.00. The number of hydrogen-bond acceptors (Lipinski definition) is 4. The Morgan fingerprint density at radius 3 is 1.00 bits per heavy atom. The van der Waals surface area contributed by atoms with Crippen LogP contribution in [0.15, 0.2) is 0 Å². The van der Waals surface area contributed by atoms with Gasteiger partial charge in [-0.15, -0.1) is 18.7 Å². The van der Waals surface area contributed by atoms with Gasteiger partial charge in [-0.3, -0.25) is 0 Å². The summed E-state index contributed by atoms with van der Waals surface area (Å²) < 4.78 is 10.3. The molecule has 4 nitrogen and oxygen atoms in total. The second kappa shape index (κ2) is 10.7. The Kier molecular flexibility index (Phi) is 12.5. The molecule has 0 aliphatic carbocycles. The lowest BCUT2D eigenvalue weighted by atomic mass is 10.7. The average Bonchev–Trinajstić information content (AvgIpc) is 2.41. The first kappa shape index (κ1) is 22.3. The lowest BCUT2D eigenvalue weighted by molar-refractivity contribution is -0.00000460. The van der Waals surface area contributed by atoms with Crippen LogP contribution in [0.4, 0.5) is 0 Å². The van der Waals surface area contributed by atoms with E-state index in [9.17, 15) is 0 Å². The summed E-state index contributed by atoms with van der Waals surface area (Å²) in [6.45, 7) is 16.8. The average molecular weight is 404 g/mol. The van der Waals surface area contributed by atoms with E-state index in [-0.39, 0.29) is 24.0 Å². The molecule has 6 heteroatoms. The fraction of sp³-hybridized carbons (Fsp3) is 1.00. The molecule has 0 aliphatic rings. The zero-order valence-electron chi connectivity index (χ0n) is 14.1. The molecule has 0 aromatic heterocycles. The van der Waals surface area contributed by atoms with Crippen molar-refractivity contribution in [2.45, 2.75) is 34.6 Å².